The normalized spacial score (nSPS) is 14.8. The van der Waals surface area contributed by atoms with E-state index in [9.17, 15) is 14.9 Å². The molecule has 0 radical (unpaired) electrons. The van der Waals surface area contributed by atoms with Gasteiger partial charge in [-0.05, 0) is 36.8 Å². The molecule has 0 aromatic heterocycles. The minimum atomic E-state index is -0.456. The molecule has 1 saturated heterocycles. The number of anilines is 2. The number of nitro benzene ring substituents is 1. The van der Waals surface area contributed by atoms with Crippen molar-refractivity contribution in [2.75, 3.05) is 42.9 Å². The van der Waals surface area contributed by atoms with Gasteiger partial charge in [-0.3, -0.25) is 19.8 Å². The molecule has 7 nitrogen and oxygen atoms in total. The molecule has 0 bridgehead atoms. The first kappa shape index (κ1) is 18.8. The van der Waals surface area contributed by atoms with Gasteiger partial charge in [0, 0.05) is 62.7 Å². The summed E-state index contributed by atoms with van der Waals surface area (Å²) in [5, 5.41) is 13.4. The average molecular weight is 368 g/mol. The molecule has 2 aromatic carbocycles. The molecule has 1 amide bonds. The zero-order chi connectivity index (χ0) is 19.2. The van der Waals surface area contributed by atoms with Gasteiger partial charge in [-0.1, -0.05) is 12.1 Å². The molecule has 1 aliphatic heterocycles. The Labute approximate surface area is 158 Å². The smallest absolute Gasteiger partial charge is 0.269 e. The summed E-state index contributed by atoms with van der Waals surface area (Å²) < 4.78 is 0. The second-order valence-electron chi connectivity index (χ2n) is 6.77. The Bertz CT molecular complexity index is 799. The van der Waals surface area contributed by atoms with Gasteiger partial charge in [0.1, 0.15) is 0 Å². The Hall–Kier alpha value is -2.93. The van der Waals surface area contributed by atoms with Crippen LogP contribution in [0.3, 0.4) is 0 Å². The van der Waals surface area contributed by atoms with Crippen LogP contribution in [-0.4, -0.2) is 48.5 Å². The van der Waals surface area contributed by atoms with E-state index in [0.29, 0.717) is 18.7 Å². The van der Waals surface area contributed by atoms with Crippen molar-refractivity contribution in [3.05, 3.63) is 64.2 Å². The monoisotopic (exact) mass is 368 g/mol. The largest absolute Gasteiger partial charge is 0.369 e. The van der Waals surface area contributed by atoms with Crippen LogP contribution >= 0.6 is 0 Å². The van der Waals surface area contributed by atoms with E-state index in [2.05, 4.69) is 46.3 Å². The molecule has 7 heteroatoms. The highest BCUT2D eigenvalue weighted by molar-refractivity contribution is 5.90. The van der Waals surface area contributed by atoms with Gasteiger partial charge in [0.2, 0.25) is 5.91 Å². The lowest BCUT2D eigenvalue weighted by Crippen LogP contribution is -2.47. The van der Waals surface area contributed by atoms with Crippen molar-refractivity contribution in [2.24, 2.45) is 0 Å². The summed E-state index contributed by atoms with van der Waals surface area (Å²) >= 11 is 0. The third-order valence-electron chi connectivity index (χ3n) is 4.76. The highest BCUT2D eigenvalue weighted by Crippen LogP contribution is 2.18. The Morgan fingerprint density at radius 3 is 2.44 bits per heavy atom. The van der Waals surface area contributed by atoms with Crippen molar-refractivity contribution >= 4 is 23.0 Å². The summed E-state index contributed by atoms with van der Waals surface area (Å²) in [6.07, 6.45) is 0.404. The lowest BCUT2D eigenvalue weighted by Gasteiger charge is -2.36. The lowest BCUT2D eigenvalue weighted by atomic mass is 10.2. The van der Waals surface area contributed by atoms with E-state index >= 15 is 0 Å². The SMILES string of the molecule is Cc1cccc(N2CCN(CCC(=O)Nc3ccc([N+](=O)[O-])cc3)CC2)c1. The molecule has 0 unspecified atom stereocenters. The minimum Gasteiger partial charge on any atom is -0.369 e. The molecule has 3 rings (SSSR count). The molecular weight excluding hydrogens is 344 g/mol. The van der Waals surface area contributed by atoms with Crippen molar-refractivity contribution < 1.29 is 9.72 Å². The van der Waals surface area contributed by atoms with Crippen molar-refractivity contribution in [3.63, 3.8) is 0 Å². The fourth-order valence-electron chi connectivity index (χ4n) is 3.20. The van der Waals surface area contributed by atoms with Gasteiger partial charge in [-0.2, -0.15) is 0 Å². The average Bonchev–Trinajstić information content (AvgIpc) is 2.67. The van der Waals surface area contributed by atoms with E-state index in [-0.39, 0.29) is 11.6 Å². The number of rotatable bonds is 6. The molecular formula is C20H24N4O3. The zero-order valence-corrected chi connectivity index (χ0v) is 15.4. The molecule has 0 aliphatic carbocycles. The number of carbonyl (C=O) groups is 1. The summed E-state index contributed by atoms with van der Waals surface area (Å²) in [4.78, 5) is 27.0. The maximum Gasteiger partial charge on any atom is 0.269 e. The van der Waals surface area contributed by atoms with Crippen LogP contribution in [0, 0.1) is 17.0 Å². The van der Waals surface area contributed by atoms with Crippen LogP contribution in [-0.2, 0) is 4.79 Å². The first-order valence-electron chi connectivity index (χ1n) is 9.09. The fraction of sp³-hybridized carbons (Fsp3) is 0.350. The molecule has 1 heterocycles. The van der Waals surface area contributed by atoms with E-state index < -0.39 is 4.92 Å². The number of nitro groups is 1. The number of amides is 1. The summed E-state index contributed by atoms with van der Waals surface area (Å²) in [7, 11) is 0. The number of nitrogens with zero attached hydrogens (tertiary/aromatic N) is 3. The number of nitrogens with one attached hydrogen (secondary N) is 1. The number of carbonyl (C=O) groups excluding carboxylic acids is 1. The van der Waals surface area contributed by atoms with Gasteiger partial charge in [-0.15, -0.1) is 0 Å². The van der Waals surface area contributed by atoms with Crippen LogP contribution in [0.2, 0.25) is 0 Å². The van der Waals surface area contributed by atoms with Crippen LogP contribution < -0.4 is 10.2 Å². The predicted octanol–water partition coefficient (Wildman–Crippen LogP) is 3.05. The maximum absolute atomic E-state index is 12.1. The molecule has 0 saturated carbocycles. The van der Waals surface area contributed by atoms with Gasteiger partial charge in [-0.25, -0.2) is 0 Å². The predicted molar refractivity (Wildman–Crippen MR) is 106 cm³/mol. The van der Waals surface area contributed by atoms with Crippen LogP contribution in [0.15, 0.2) is 48.5 Å². The first-order valence-corrected chi connectivity index (χ1v) is 9.09. The third kappa shape index (κ3) is 5.27. The van der Waals surface area contributed by atoms with E-state index in [1.165, 1.54) is 23.4 Å². The molecule has 1 N–H and O–H groups in total. The van der Waals surface area contributed by atoms with Crippen LogP contribution in [0.5, 0.6) is 0 Å². The van der Waals surface area contributed by atoms with Crippen molar-refractivity contribution in [1.29, 1.82) is 0 Å². The number of aryl methyl sites for hydroxylation is 1. The van der Waals surface area contributed by atoms with E-state index in [1.807, 2.05) is 0 Å². The summed E-state index contributed by atoms with van der Waals surface area (Å²) in [5.74, 6) is -0.0787. The van der Waals surface area contributed by atoms with Gasteiger partial charge < -0.3 is 10.2 Å². The number of hydrogen-bond acceptors (Lipinski definition) is 5. The van der Waals surface area contributed by atoms with Gasteiger partial charge in [0.25, 0.3) is 5.69 Å². The van der Waals surface area contributed by atoms with Crippen LogP contribution in [0.4, 0.5) is 17.1 Å². The molecule has 2 aromatic rings. The quantitative estimate of drug-likeness (QED) is 0.626. The van der Waals surface area contributed by atoms with E-state index in [0.717, 1.165) is 26.2 Å². The maximum atomic E-state index is 12.1. The van der Waals surface area contributed by atoms with Crippen LogP contribution in [0.25, 0.3) is 0 Å². The number of benzene rings is 2. The van der Waals surface area contributed by atoms with E-state index in [4.69, 9.17) is 0 Å². The molecule has 0 spiro atoms. The Kier molecular flexibility index (Phi) is 6.03. The molecule has 0 atom stereocenters. The lowest BCUT2D eigenvalue weighted by molar-refractivity contribution is -0.384. The topological polar surface area (TPSA) is 78.7 Å². The molecule has 142 valence electrons. The number of non-ortho nitro benzene ring substituents is 1. The highest BCUT2D eigenvalue weighted by Gasteiger charge is 2.18. The first-order chi connectivity index (χ1) is 13.0. The second kappa shape index (κ2) is 8.64. The second-order valence-corrected chi connectivity index (χ2v) is 6.77. The Balaban J connectivity index is 1.41. The summed E-state index contributed by atoms with van der Waals surface area (Å²) in [6, 6.07) is 14.4. The standard InChI is InChI=1S/C20H24N4O3/c1-16-3-2-4-19(15-16)23-13-11-22(12-14-23)10-9-20(25)21-17-5-7-18(8-6-17)24(26)27/h2-8,15H,9-14H2,1H3,(H,21,25). The Morgan fingerprint density at radius 2 is 1.81 bits per heavy atom. The van der Waals surface area contributed by atoms with Gasteiger partial charge in [0.15, 0.2) is 0 Å². The van der Waals surface area contributed by atoms with Crippen LogP contribution in [0.1, 0.15) is 12.0 Å². The molecule has 27 heavy (non-hydrogen) atoms. The van der Waals surface area contributed by atoms with Crippen molar-refractivity contribution in [3.8, 4) is 0 Å². The van der Waals surface area contributed by atoms with Gasteiger partial charge in [0.05, 0.1) is 4.92 Å². The van der Waals surface area contributed by atoms with E-state index in [1.54, 1.807) is 12.1 Å². The van der Waals surface area contributed by atoms with Gasteiger partial charge >= 0.3 is 0 Å². The highest BCUT2D eigenvalue weighted by atomic mass is 16.6. The van der Waals surface area contributed by atoms with Crippen molar-refractivity contribution in [1.82, 2.24) is 4.90 Å². The minimum absolute atomic E-state index is 0.0134. The molecule has 1 fully saturated rings. The number of piperazine rings is 1. The van der Waals surface area contributed by atoms with Crippen molar-refractivity contribution in [2.45, 2.75) is 13.3 Å². The zero-order valence-electron chi connectivity index (χ0n) is 15.4. The summed E-state index contributed by atoms with van der Waals surface area (Å²) in [5.41, 5.74) is 3.11. The third-order valence-corrected chi connectivity index (χ3v) is 4.76. The molecule has 1 aliphatic rings. The Morgan fingerprint density at radius 1 is 1.11 bits per heavy atom. The number of hydrogen-bond donors (Lipinski definition) is 1. The summed E-state index contributed by atoms with van der Waals surface area (Å²) in [6.45, 7) is 6.57. The fourth-order valence-corrected chi connectivity index (χ4v) is 3.20.